The van der Waals surface area contributed by atoms with E-state index in [4.69, 9.17) is 4.52 Å². The average Bonchev–Trinajstić information content (AvgIpc) is 3.35. The molecule has 1 aromatic heterocycles. The van der Waals surface area contributed by atoms with Gasteiger partial charge in [-0.3, -0.25) is 4.79 Å². The van der Waals surface area contributed by atoms with E-state index >= 15 is 0 Å². The van der Waals surface area contributed by atoms with E-state index in [0.717, 1.165) is 56.0 Å². The largest absolute Gasteiger partial charge is 0.339 e. The van der Waals surface area contributed by atoms with Gasteiger partial charge in [-0.25, -0.2) is 8.78 Å². The van der Waals surface area contributed by atoms with Crippen molar-refractivity contribution in [2.75, 3.05) is 13.1 Å². The first-order valence-electron chi connectivity index (χ1n) is 8.67. The van der Waals surface area contributed by atoms with Crippen molar-refractivity contribution in [1.82, 2.24) is 15.0 Å². The Morgan fingerprint density at radius 3 is 2.64 bits per heavy atom. The number of rotatable bonds is 4. The molecule has 0 atom stereocenters. The van der Waals surface area contributed by atoms with E-state index in [1.807, 2.05) is 0 Å². The number of halogens is 2. The first-order chi connectivity index (χ1) is 12.1. The third-order valence-corrected chi connectivity index (χ3v) is 4.94. The van der Waals surface area contributed by atoms with Crippen molar-refractivity contribution < 1.29 is 18.1 Å². The van der Waals surface area contributed by atoms with Gasteiger partial charge in [-0.15, -0.1) is 0 Å². The van der Waals surface area contributed by atoms with Crippen molar-refractivity contribution >= 4 is 5.91 Å². The van der Waals surface area contributed by atoms with Crippen molar-refractivity contribution in [2.45, 2.75) is 38.0 Å². The van der Waals surface area contributed by atoms with Gasteiger partial charge in [0.25, 0.3) is 5.91 Å². The number of nitrogens with zero attached hydrogens (tertiary/aromatic N) is 3. The third-order valence-electron chi connectivity index (χ3n) is 4.94. The number of amides is 1. The van der Waals surface area contributed by atoms with Gasteiger partial charge in [0.15, 0.2) is 5.82 Å². The molecule has 4 rings (SSSR count). The molecule has 0 radical (unpaired) electrons. The highest BCUT2D eigenvalue weighted by atomic mass is 19.1. The fourth-order valence-corrected chi connectivity index (χ4v) is 3.28. The summed E-state index contributed by atoms with van der Waals surface area (Å²) in [4.78, 5) is 18.5. The van der Waals surface area contributed by atoms with Crippen LogP contribution in [0.25, 0.3) is 0 Å². The van der Waals surface area contributed by atoms with Gasteiger partial charge < -0.3 is 9.42 Å². The zero-order valence-corrected chi connectivity index (χ0v) is 13.8. The number of benzene rings is 1. The van der Waals surface area contributed by atoms with Crippen molar-refractivity contribution in [3.05, 3.63) is 47.1 Å². The smallest absolute Gasteiger partial charge is 0.256 e. The van der Waals surface area contributed by atoms with Gasteiger partial charge in [0, 0.05) is 31.5 Å². The van der Waals surface area contributed by atoms with Crippen LogP contribution in [-0.2, 0) is 6.42 Å². The lowest BCUT2D eigenvalue weighted by Gasteiger charge is -2.31. The summed E-state index contributed by atoms with van der Waals surface area (Å²) in [6.07, 6.45) is 4.61. The molecule has 5 nitrogen and oxygen atoms in total. The molecule has 7 heteroatoms. The van der Waals surface area contributed by atoms with E-state index in [0.29, 0.717) is 24.9 Å². The number of carbonyl (C=O) groups is 1. The molecule has 2 fully saturated rings. The molecule has 1 aliphatic heterocycles. The minimum atomic E-state index is -0.813. The van der Waals surface area contributed by atoms with Crippen LogP contribution >= 0.6 is 0 Å². The van der Waals surface area contributed by atoms with Gasteiger partial charge in [0.1, 0.15) is 11.6 Å². The zero-order valence-electron chi connectivity index (χ0n) is 13.8. The molecule has 1 aliphatic carbocycles. The lowest BCUT2D eigenvalue weighted by Crippen LogP contribution is -2.39. The number of carbonyl (C=O) groups excluding carboxylic acids is 1. The predicted molar refractivity (Wildman–Crippen MR) is 85.0 cm³/mol. The van der Waals surface area contributed by atoms with E-state index in [1.165, 1.54) is 6.07 Å². The van der Waals surface area contributed by atoms with Gasteiger partial charge in [-0.1, -0.05) is 5.16 Å². The van der Waals surface area contributed by atoms with Gasteiger partial charge in [0.05, 0.1) is 5.56 Å². The van der Waals surface area contributed by atoms with Crippen LogP contribution in [0.4, 0.5) is 8.78 Å². The van der Waals surface area contributed by atoms with Crippen molar-refractivity contribution in [2.24, 2.45) is 5.92 Å². The molecular weight excluding hydrogens is 328 g/mol. The average molecular weight is 347 g/mol. The minimum Gasteiger partial charge on any atom is -0.339 e. The number of aromatic nitrogens is 2. The Labute approximate surface area is 144 Å². The van der Waals surface area contributed by atoms with E-state index in [-0.39, 0.29) is 11.5 Å². The molecule has 0 N–H and O–H groups in total. The van der Waals surface area contributed by atoms with E-state index in [9.17, 15) is 13.6 Å². The van der Waals surface area contributed by atoms with Crippen LogP contribution in [0.3, 0.4) is 0 Å². The maximum atomic E-state index is 13.8. The third kappa shape index (κ3) is 3.55. The summed E-state index contributed by atoms with van der Waals surface area (Å²) in [5, 5.41) is 4.04. The Bertz CT molecular complexity index is 780. The van der Waals surface area contributed by atoms with Crippen LogP contribution in [0.5, 0.6) is 0 Å². The maximum absolute atomic E-state index is 13.8. The Morgan fingerprint density at radius 1 is 1.20 bits per heavy atom. The lowest BCUT2D eigenvalue weighted by atomic mass is 9.93. The van der Waals surface area contributed by atoms with Crippen LogP contribution < -0.4 is 0 Å². The van der Waals surface area contributed by atoms with E-state index in [2.05, 4.69) is 10.1 Å². The molecule has 0 bridgehead atoms. The normalized spacial score (nSPS) is 18.6. The molecule has 132 valence electrons. The van der Waals surface area contributed by atoms with Gasteiger partial charge in [-0.05, 0) is 43.7 Å². The zero-order chi connectivity index (χ0) is 17.4. The second-order valence-corrected chi connectivity index (χ2v) is 6.89. The van der Waals surface area contributed by atoms with E-state index < -0.39 is 11.6 Å². The molecule has 25 heavy (non-hydrogen) atoms. The second-order valence-electron chi connectivity index (χ2n) is 6.89. The Hall–Kier alpha value is -2.31. The molecule has 1 saturated carbocycles. The molecule has 0 spiro atoms. The Balaban J connectivity index is 1.33. The van der Waals surface area contributed by atoms with Crippen LogP contribution in [0.15, 0.2) is 22.7 Å². The van der Waals surface area contributed by atoms with E-state index in [1.54, 1.807) is 4.90 Å². The number of likely N-dealkylation sites (tertiary alicyclic amines) is 1. The number of hydrogen-bond donors (Lipinski definition) is 0. The van der Waals surface area contributed by atoms with Crippen LogP contribution in [0.1, 0.15) is 53.7 Å². The fraction of sp³-hybridized carbons (Fsp3) is 0.500. The standard InChI is InChI=1S/C18H19F2N3O2/c19-13-3-4-14(15(20)10-13)18(24)23-7-5-11(6-8-23)9-16-21-17(25-22-16)12-1-2-12/h3-4,10-12H,1-2,5-9H2. The lowest BCUT2D eigenvalue weighted by molar-refractivity contribution is 0.0684. The molecule has 1 aromatic carbocycles. The summed E-state index contributed by atoms with van der Waals surface area (Å²) in [7, 11) is 0. The predicted octanol–water partition coefficient (Wildman–Crippen LogP) is 3.32. The molecule has 1 amide bonds. The summed E-state index contributed by atoms with van der Waals surface area (Å²) in [6, 6.07) is 3.06. The Morgan fingerprint density at radius 2 is 1.96 bits per heavy atom. The Kier molecular flexibility index (Phi) is 4.23. The highest BCUT2D eigenvalue weighted by Crippen LogP contribution is 2.39. The fourth-order valence-electron chi connectivity index (χ4n) is 3.28. The molecule has 1 saturated heterocycles. The monoisotopic (exact) mass is 347 g/mol. The molecule has 2 aromatic rings. The van der Waals surface area contributed by atoms with Crippen molar-refractivity contribution in [1.29, 1.82) is 0 Å². The molecule has 2 heterocycles. The van der Waals surface area contributed by atoms with Gasteiger partial charge in [0.2, 0.25) is 5.89 Å². The SMILES string of the molecule is O=C(c1ccc(F)cc1F)N1CCC(Cc2noc(C3CC3)n2)CC1. The van der Waals surface area contributed by atoms with Crippen LogP contribution in [0, 0.1) is 17.6 Å². The summed E-state index contributed by atoms with van der Waals surface area (Å²) in [5.41, 5.74) is -0.0768. The summed E-state index contributed by atoms with van der Waals surface area (Å²) in [6.45, 7) is 1.10. The topological polar surface area (TPSA) is 59.2 Å². The summed E-state index contributed by atoms with van der Waals surface area (Å²) in [5.74, 6) is 0.431. The number of hydrogen-bond acceptors (Lipinski definition) is 4. The second kappa shape index (κ2) is 6.54. The molecule has 0 unspecified atom stereocenters. The molecule has 2 aliphatic rings. The summed E-state index contributed by atoms with van der Waals surface area (Å²) < 4.78 is 32.0. The van der Waals surface area contributed by atoms with Crippen molar-refractivity contribution in [3.63, 3.8) is 0 Å². The highest BCUT2D eigenvalue weighted by Gasteiger charge is 2.31. The molecular formula is C18H19F2N3O2. The quantitative estimate of drug-likeness (QED) is 0.851. The van der Waals surface area contributed by atoms with Crippen molar-refractivity contribution in [3.8, 4) is 0 Å². The van der Waals surface area contributed by atoms with Crippen LogP contribution in [0.2, 0.25) is 0 Å². The van der Waals surface area contributed by atoms with Gasteiger partial charge in [-0.2, -0.15) is 4.98 Å². The first kappa shape index (κ1) is 16.2. The maximum Gasteiger partial charge on any atom is 0.256 e. The van der Waals surface area contributed by atoms with Gasteiger partial charge >= 0.3 is 0 Å². The minimum absolute atomic E-state index is 0.0768. The first-order valence-corrected chi connectivity index (χ1v) is 8.67. The van der Waals surface area contributed by atoms with Crippen LogP contribution in [-0.4, -0.2) is 34.0 Å². The highest BCUT2D eigenvalue weighted by molar-refractivity contribution is 5.94. The summed E-state index contributed by atoms with van der Waals surface area (Å²) >= 11 is 0. The number of piperidine rings is 1.